The van der Waals surface area contributed by atoms with E-state index in [1.165, 1.54) is 50.8 Å². The van der Waals surface area contributed by atoms with Crippen molar-refractivity contribution >= 4 is 5.91 Å². The predicted molar refractivity (Wildman–Crippen MR) is 115 cm³/mol. The van der Waals surface area contributed by atoms with Gasteiger partial charge in [-0.05, 0) is 56.5 Å². The molecule has 0 atom stereocenters. The largest absolute Gasteiger partial charge is 0.416 e. The fraction of sp³-hybridized carbons (Fsp3) is 0.625. The summed E-state index contributed by atoms with van der Waals surface area (Å²) in [4.78, 5) is 17.0. The molecule has 4 nitrogen and oxygen atoms in total. The average Bonchev–Trinajstić information content (AvgIpc) is 2.96. The van der Waals surface area contributed by atoms with Crippen LogP contribution in [0.3, 0.4) is 0 Å². The molecule has 1 aliphatic heterocycles. The first kappa shape index (κ1) is 23.6. The van der Waals surface area contributed by atoms with Crippen molar-refractivity contribution < 1.29 is 18.0 Å². The molecule has 1 aliphatic carbocycles. The molecule has 3 rings (SSSR count). The lowest BCUT2D eigenvalue weighted by atomic mass is 9.89. The van der Waals surface area contributed by atoms with Gasteiger partial charge in [0.1, 0.15) is 0 Å². The molecule has 170 valence electrons. The predicted octanol–water partition coefficient (Wildman–Crippen LogP) is 3.76. The Hall–Kier alpha value is -2.04. The number of carbonyl (C=O) groups excluding carboxylic acids is 1. The zero-order valence-electron chi connectivity index (χ0n) is 18.0. The van der Waals surface area contributed by atoms with E-state index in [-0.39, 0.29) is 18.0 Å². The van der Waals surface area contributed by atoms with Crippen LogP contribution in [-0.2, 0) is 11.0 Å². The Bertz CT molecular complexity index is 778. The molecule has 0 radical (unpaired) electrons. The number of carbonyl (C=O) groups is 1. The van der Waals surface area contributed by atoms with Gasteiger partial charge in [-0.1, -0.05) is 37.2 Å². The van der Waals surface area contributed by atoms with Crippen molar-refractivity contribution in [3.8, 4) is 11.8 Å². The minimum atomic E-state index is -4.38. The van der Waals surface area contributed by atoms with Crippen LogP contribution in [0.4, 0.5) is 13.2 Å². The highest BCUT2D eigenvalue weighted by atomic mass is 19.4. The van der Waals surface area contributed by atoms with Crippen molar-refractivity contribution in [1.29, 1.82) is 0 Å². The number of halogens is 3. The van der Waals surface area contributed by atoms with Crippen molar-refractivity contribution in [3.63, 3.8) is 0 Å². The van der Waals surface area contributed by atoms with Crippen LogP contribution in [0.25, 0.3) is 0 Å². The number of alkyl halides is 3. The SMILES string of the molecule is O=C(CN1CCCN(CC2CCCCC2)CC1)NCC#Cc1cccc(C(F)(F)F)c1. The number of nitrogens with one attached hydrogen (secondary N) is 1. The Kier molecular flexibility index (Phi) is 8.79. The molecule has 0 unspecified atom stereocenters. The van der Waals surface area contributed by atoms with Gasteiger partial charge in [-0.3, -0.25) is 9.69 Å². The summed E-state index contributed by atoms with van der Waals surface area (Å²) in [5.74, 6) is 6.16. The molecule has 1 N–H and O–H groups in total. The van der Waals surface area contributed by atoms with Crippen LogP contribution in [-0.4, -0.2) is 61.5 Å². The van der Waals surface area contributed by atoms with Crippen molar-refractivity contribution in [2.24, 2.45) is 5.92 Å². The van der Waals surface area contributed by atoms with Crippen LogP contribution in [0.2, 0.25) is 0 Å². The summed E-state index contributed by atoms with van der Waals surface area (Å²) in [6.07, 6.45) is 3.49. The average molecular weight is 436 g/mol. The van der Waals surface area contributed by atoms with Crippen LogP contribution < -0.4 is 5.32 Å². The standard InChI is InChI=1S/C24H32F3N3O/c25-24(26,27)22-11-4-9-20(17-22)10-5-12-28-23(31)19-30-14-6-13-29(15-16-30)18-21-7-2-1-3-8-21/h4,9,11,17,21H,1-3,6-8,12-16,18-19H2,(H,28,31). The van der Waals surface area contributed by atoms with Crippen molar-refractivity contribution in [3.05, 3.63) is 35.4 Å². The van der Waals surface area contributed by atoms with E-state index in [2.05, 4.69) is 27.0 Å². The lowest BCUT2D eigenvalue weighted by Gasteiger charge is -2.28. The highest BCUT2D eigenvalue weighted by Gasteiger charge is 2.30. The van der Waals surface area contributed by atoms with Gasteiger partial charge in [-0.2, -0.15) is 13.2 Å². The highest BCUT2D eigenvalue weighted by molar-refractivity contribution is 5.78. The van der Waals surface area contributed by atoms with Crippen LogP contribution in [0.5, 0.6) is 0 Å². The van der Waals surface area contributed by atoms with Gasteiger partial charge in [0.2, 0.25) is 5.91 Å². The second-order valence-electron chi connectivity index (χ2n) is 8.59. The van der Waals surface area contributed by atoms with Gasteiger partial charge < -0.3 is 10.2 Å². The molecule has 31 heavy (non-hydrogen) atoms. The molecule has 1 amide bonds. The molecule has 1 saturated carbocycles. The number of amides is 1. The monoisotopic (exact) mass is 435 g/mol. The van der Waals surface area contributed by atoms with Crippen molar-refractivity contribution in [2.45, 2.75) is 44.7 Å². The van der Waals surface area contributed by atoms with E-state index in [0.717, 1.165) is 50.7 Å². The Morgan fingerprint density at radius 2 is 1.77 bits per heavy atom. The van der Waals surface area contributed by atoms with Gasteiger partial charge >= 0.3 is 6.18 Å². The maximum absolute atomic E-state index is 12.7. The summed E-state index contributed by atoms with van der Waals surface area (Å²) in [5.41, 5.74) is -0.434. The molecule has 1 aromatic rings. The third-order valence-corrected chi connectivity index (χ3v) is 6.09. The first-order valence-electron chi connectivity index (χ1n) is 11.3. The van der Waals surface area contributed by atoms with E-state index in [9.17, 15) is 18.0 Å². The second-order valence-corrected chi connectivity index (χ2v) is 8.59. The summed E-state index contributed by atoms with van der Waals surface area (Å²) in [5, 5.41) is 2.75. The van der Waals surface area contributed by atoms with Crippen LogP contribution in [0.1, 0.15) is 49.7 Å². The van der Waals surface area contributed by atoms with Gasteiger partial charge in [-0.25, -0.2) is 0 Å². The van der Waals surface area contributed by atoms with E-state index >= 15 is 0 Å². The van der Waals surface area contributed by atoms with E-state index in [1.807, 2.05) is 0 Å². The van der Waals surface area contributed by atoms with Gasteiger partial charge in [0.05, 0.1) is 18.7 Å². The highest BCUT2D eigenvalue weighted by Crippen LogP contribution is 2.29. The van der Waals surface area contributed by atoms with E-state index in [0.29, 0.717) is 6.54 Å². The van der Waals surface area contributed by atoms with Crippen LogP contribution >= 0.6 is 0 Å². The fourth-order valence-electron chi connectivity index (χ4n) is 4.42. The Morgan fingerprint density at radius 3 is 2.55 bits per heavy atom. The number of rotatable bonds is 5. The normalized spacial score (nSPS) is 19.3. The van der Waals surface area contributed by atoms with Gasteiger partial charge in [0.15, 0.2) is 0 Å². The first-order chi connectivity index (χ1) is 14.9. The van der Waals surface area contributed by atoms with Gasteiger partial charge in [-0.15, -0.1) is 0 Å². The molecule has 0 spiro atoms. The molecule has 0 bridgehead atoms. The molecular weight excluding hydrogens is 403 g/mol. The third-order valence-electron chi connectivity index (χ3n) is 6.09. The first-order valence-corrected chi connectivity index (χ1v) is 11.3. The summed E-state index contributed by atoms with van der Waals surface area (Å²) >= 11 is 0. The molecule has 2 aliphatic rings. The quantitative estimate of drug-likeness (QED) is 0.716. The van der Waals surface area contributed by atoms with Crippen LogP contribution in [0.15, 0.2) is 24.3 Å². The van der Waals surface area contributed by atoms with Gasteiger partial charge in [0, 0.05) is 25.2 Å². The molecular formula is C24H32F3N3O. The molecule has 0 aromatic heterocycles. The van der Waals surface area contributed by atoms with E-state index < -0.39 is 11.7 Å². The minimum Gasteiger partial charge on any atom is -0.344 e. The molecule has 1 aromatic carbocycles. The van der Waals surface area contributed by atoms with E-state index in [4.69, 9.17) is 0 Å². The number of hydrogen-bond donors (Lipinski definition) is 1. The third kappa shape index (κ3) is 8.19. The lowest BCUT2D eigenvalue weighted by molar-refractivity contribution is -0.137. The summed E-state index contributed by atoms with van der Waals surface area (Å²) in [7, 11) is 0. The molecule has 7 heteroatoms. The molecule has 1 heterocycles. The Morgan fingerprint density at radius 1 is 1.03 bits per heavy atom. The Balaban J connectivity index is 1.38. The minimum absolute atomic E-state index is 0.0981. The summed E-state index contributed by atoms with van der Waals surface area (Å²) in [6.45, 7) is 5.53. The zero-order chi connectivity index (χ0) is 22.1. The topological polar surface area (TPSA) is 35.6 Å². The number of nitrogens with zero attached hydrogens (tertiary/aromatic N) is 2. The summed E-state index contributed by atoms with van der Waals surface area (Å²) in [6, 6.07) is 4.90. The number of benzene rings is 1. The smallest absolute Gasteiger partial charge is 0.344 e. The Labute approximate surface area is 183 Å². The summed E-state index contributed by atoms with van der Waals surface area (Å²) < 4.78 is 38.2. The van der Waals surface area contributed by atoms with Crippen molar-refractivity contribution in [2.75, 3.05) is 45.8 Å². The number of hydrogen-bond acceptors (Lipinski definition) is 3. The second kappa shape index (κ2) is 11.5. The van der Waals surface area contributed by atoms with Crippen molar-refractivity contribution in [1.82, 2.24) is 15.1 Å². The lowest BCUT2D eigenvalue weighted by Crippen LogP contribution is -2.40. The maximum atomic E-state index is 12.7. The molecule has 1 saturated heterocycles. The molecule has 2 fully saturated rings. The maximum Gasteiger partial charge on any atom is 0.416 e. The fourth-order valence-corrected chi connectivity index (χ4v) is 4.42. The van der Waals surface area contributed by atoms with Gasteiger partial charge in [0.25, 0.3) is 0 Å². The zero-order valence-corrected chi connectivity index (χ0v) is 18.0. The van der Waals surface area contributed by atoms with E-state index in [1.54, 1.807) is 0 Å². The van der Waals surface area contributed by atoms with Crippen LogP contribution in [0, 0.1) is 17.8 Å².